The van der Waals surface area contributed by atoms with Crippen LogP contribution in [-0.2, 0) is 6.54 Å². The molecule has 1 N–H and O–H groups in total. The van der Waals surface area contributed by atoms with Crippen LogP contribution < -0.4 is 5.32 Å². The van der Waals surface area contributed by atoms with Crippen LogP contribution in [0, 0.1) is 0 Å². The summed E-state index contributed by atoms with van der Waals surface area (Å²) in [6, 6.07) is 11.1. The molecule has 5 heteroatoms. The van der Waals surface area contributed by atoms with E-state index in [1.54, 1.807) is 35.9 Å². The summed E-state index contributed by atoms with van der Waals surface area (Å²) >= 11 is 1.55. The van der Waals surface area contributed by atoms with Crippen LogP contribution in [0.2, 0.25) is 0 Å². The van der Waals surface area contributed by atoms with Crippen molar-refractivity contribution >= 4 is 17.2 Å². The van der Waals surface area contributed by atoms with Crippen LogP contribution in [0.5, 0.6) is 0 Å². The standard InChI is InChI=1S/C15H12N2O2S/c18-14(17-10-13-5-2-7-19-13)11-3-1-4-12(9-11)15-16-6-8-20-15/h1-9H,10H2,(H,17,18). The SMILES string of the molecule is O=C(NCc1ccco1)c1cccc(-c2nccs2)c1. The summed E-state index contributed by atoms with van der Waals surface area (Å²) in [4.78, 5) is 16.3. The number of rotatable bonds is 4. The molecular weight excluding hydrogens is 272 g/mol. The number of carbonyl (C=O) groups is 1. The molecule has 0 atom stereocenters. The van der Waals surface area contributed by atoms with Crippen LogP contribution >= 0.6 is 11.3 Å². The summed E-state index contributed by atoms with van der Waals surface area (Å²) in [6.45, 7) is 0.382. The van der Waals surface area contributed by atoms with Crippen LogP contribution in [0.15, 0.2) is 58.7 Å². The van der Waals surface area contributed by atoms with Crippen LogP contribution in [0.25, 0.3) is 10.6 Å². The van der Waals surface area contributed by atoms with E-state index in [0.29, 0.717) is 12.1 Å². The van der Waals surface area contributed by atoms with Crippen molar-refractivity contribution in [3.8, 4) is 10.6 Å². The smallest absolute Gasteiger partial charge is 0.251 e. The Labute approximate surface area is 120 Å². The predicted octanol–water partition coefficient (Wildman–Crippen LogP) is 3.33. The van der Waals surface area contributed by atoms with E-state index in [0.717, 1.165) is 16.3 Å². The van der Waals surface area contributed by atoms with Gasteiger partial charge in [0, 0.05) is 22.7 Å². The number of carbonyl (C=O) groups excluding carboxylic acids is 1. The molecular formula is C15H12N2O2S. The third-order valence-electron chi connectivity index (χ3n) is 2.81. The second-order valence-corrected chi connectivity index (χ2v) is 5.07. The Balaban J connectivity index is 1.73. The van der Waals surface area contributed by atoms with Gasteiger partial charge in [-0.1, -0.05) is 12.1 Å². The van der Waals surface area contributed by atoms with Crippen molar-refractivity contribution in [1.82, 2.24) is 10.3 Å². The summed E-state index contributed by atoms with van der Waals surface area (Å²) < 4.78 is 5.18. The van der Waals surface area contributed by atoms with Crippen LogP contribution in [0.4, 0.5) is 0 Å². The lowest BCUT2D eigenvalue weighted by Crippen LogP contribution is -2.22. The third-order valence-corrected chi connectivity index (χ3v) is 3.63. The Kier molecular flexibility index (Phi) is 3.60. The highest BCUT2D eigenvalue weighted by molar-refractivity contribution is 7.13. The van der Waals surface area contributed by atoms with Gasteiger partial charge in [0.25, 0.3) is 5.91 Å². The van der Waals surface area contributed by atoms with Crippen molar-refractivity contribution in [2.75, 3.05) is 0 Å². The highest BCUT2D eigenvalue weighted by Gasteiger charge is 2.08. The van der Waals surface area contributed by atoms with Crippen molar-refractivity contribution in [3.63, 3.8) is 0 Å². The van der Waals surface area contributed by atoms with E-state index in [1.807, 2.05) is 29.6 Å². The molecule has 1 aromatic carbocycles. The maximum Gasteiger partial charge on any atom is 0.251 e. The number of furan rings is 1. The number of amides is 1. The summed E-state index contributed by atoms with van der Waals surface area (Å²) in [5.41, 5.74) is 1.56. The first-order valence-electron chi connectivity index (χ1n) is 6.13. The van der Waals surface area contributed by atoms with Gasteiger partial charge in [-0.3, -0.25) is 4.79 Å². The fourth-order valence-electron chi connectivity index (χ4n) is 1.84. The van der Waals surface area contributed by atoms with Gasteiger partial charge in [0.05, 0.1) is 12.8 Å². The zero-order valence-corrected chi connectivity index (χ0v) is 11.4. The molecule has 0 saturated carbocycles. The molecule has 0 aliphatic carbocycles. The maximum absolute atomic E-state index is 12.1. The molecule has 0 fully saturated rings. The van der Waals surface area contributed by atoms with E-state index >= 15 is 0 Å². The molecule has 100 valence electrons. The molecule has 0 spiro atoms. The van der Waals surface area contributed by atoms with Gasteiger partial charge in [0.2, 0.25) is 0 Å². The quantitative estimate of drug-likeness (QED) is 0.799. The minimum absolute atomic E-state index is 0.125. The molecule has 0 saturated heterocycles. The van der Waals surface area contributed by atoms with E-state index < -0.39 is 0 Å². The van der Waals surface area contributed by atoms with Gasteiger partial charge in [-0.15, -0.1) is 11.3 Å². The van der Waals surface area contributed by atoms with E-state index in [4.69, 9.17) is 4.42 Å². The Bertz CT molecular complexity index is 691. The van der Waals surface area contributed by atoms with Crippen molar-refractivity contribution < 1.29 is 9.21 Å². The van der Waals surface area contributed by atoms with Gasteiger partial charge in [-0.2, -0.15) is 0 Å². The number of aromatic nitrogens is 1. The average Bonchev–Trinajstić information content (AvgIpc) is 3.18. The van der Waals surface area contributed by atoms with E-state index in [1.165, 1.54) is 0 Å². The molecule has 3 aromatic rings. The lowest BCUT2D eigenvalue weighted by molar-refractivity contribution is 0.0948. The van der Waals surface area contributed by atoms with E-state index in [2.05, 4.69) is 10.3 Å². The van der Waals surface area contributed by atoms with Gasteiger partial charge < -0.3 is 9.73 Å². The minimum atomic E-state index is -0.125. The van der Waals surface area contributed by atoms with Gasteiger partial charge in [0.1, 0.15) is 10.8 Å². The molecule has 3 rings (SSSR count). The molecule has 0 bridgehead atoms. The number of benzene rings is 1. The van der Waals surface area contributed by atoms with Crippen molar-refractivity contribution in [2.45, 2.75) is 6.54 Å². The molecule has 0 unspecified atom stereocenters. The van der Waals surface area contributed by atoms with Gasteiger partial charge in [-0.05, 0) is 24.3 Å². The average molecular weight is 284 g/mol. The van der Waals surface area contributed by atoms with E-state index in [-0.39, 0.29) is 5.91 Å². The minimum Gasteiger partial charge on any atom is -0.467 e. The fraction of sp³-hybridized carbons (Fsp3) is 0.0667. The third kappa shape index (κ3) is 2.78. The first-order valence-corrected chi connectivity index (χ1v) is 7.01. The Morgan fingerprint density at radius 2 is 2.25 bits per heavy atom. The monoisotopic (exact) mass is 284 g/mol. The molecule has 2 heterocycles. The highest BCUT2D eigenvalue weighted by Crippen LogP contribution is 2.22. The van der Waals surface area contributed by atoms with Crippen LogP contribution in [-0.4, -0.2) is 10.9 Å². The second-order valence-electron chi connectivity index (χ2n) is 4.18. The number of nitrogens with zero attached hydrogens (tertiary/aromatic N) is 1. The molecule has 2 aromatic heterocycles. The summed E-state index contributed by atoms with van der Waals surface area (Å²) in [7, 11) is 0. The van der Waals surface area contributed by atoms with Crippen molar-refractivity contribution in [1.29, 1.82) is 0 Å². The zero-order valence-electron chi connectivity index (χ0n) is 10.6. The van der Waals surface area contributed by atoms with Gasteiger partial charge in [0.15, 0.2) is 0 Å². The Hall–Kier alpha value is -2.40. The van der Waals surface area contributed by atoms with E-state index in [9.17, 15) is 4.79 Å². The highest BCUT2D eigenvalue weighted by atomic mass is 32.1. The number of thiazole rings is 1. The molecule has 1 amide bonds. The summed E-state index contributed by atoms with van der Waals surface area (Å²) in [5.74, 6) is 0.606. The molecule has 0 radical (unpaired) electrons. The molecule has 0 aliphatic rings. The first kappa shape index (κ1) is 12.6. The topological polar surface area (TPSA) is 55.1 Å². The Morgan fingerprint density at radius 3 is 3.00 bits per heavy atom. The maximum atomic E-state index is 12.1. The van der Waals surface area contributed by atoms with Crippen LogP contribution in [0.1, 0.15) is 16.1 Å². The first-order chi connectivity index (χ1) is 9.83. The number of hydrogen-bond acceptors (Lipinski definition) is 4. The lowest BCUT2D eigenvalue weighted by Gasteiger charge is -2.04. The van der Waals surface area contributed by atoms with Crippen molar-refractivity contribution in [3.05, 3.63) is 65.6 Å². The molecule has 4 nitrogen and oxygen atoms in total. The fourth-order valence-corrected chi connectivity index (χ4v) is 2.48. The Morgan fingerprint density at radius 1 is 1.30 bits per heavy atom. The zero-order chi connectivity index (χ0) is 13.8. The van der Waals surface area contributed by atoms with Gasteiger partial charge in [-0.25, -0.2) is 4.98 Å². The summed E-state index contributed by atoms with van der Waals surface area (Å²) in [6.07, 6.45) is 3.34. The summed E-state index contributed by atoms with van der Waals surface area (Å²) in [5, 5.41) is 5.65. The predicted molar refractivity (Wildman–Crippen MR) is 77.4 cm³/mol. The lowest BCUT2D eigenvalue weighted by atomic mass is 10.1. The normalized spacial score (nSPS) is 10.4. The van der Waals surface area contributed by atoms with Gasteiger partial charge >= 0.3 is 0 Å². The number of hydrogen-bond donors (Lipinski definition) is 1. The number of nitrogens with one attached hydrogen (secondary N) is 1. The molecule has 20 heavy (non-hydrogen) atoms. The van der Waals surface area contributed by atoms with Crippen LogP contribution in [0.3, 0.4) is 0 Å². The van der Waals surface area contributed by atoms with Crippen molar-refractivity contribution in [2.24, 2.45) is 0 Å². The molecule has 0 aliphatic heterocycles. The second kappa shape index (κ2) is 5.71. The largest absolute Gasteiger partial charge is 0.467 e.